The molecular formula is C16H17ClO4. The second-order valence-electron chi connectivity index (χ2n) is 4.46. The topological polar surface area (TPSA) is 47.9 Å². The molecule has 2 rings (SSSR count). The van der Waals surface area contributed by atoms with E-state index in [1.54, 1.807) is 51.5 Å². The van der Waals surface area contributed by atoms with E-state index >= 15 is 0 Å². The van der Waals surface area contributed by atoms with Gasteiger partial charge in [-0.05, 0) is 36.8 Å². The number of benzene rings is 2. The van der Waals surface area contributed by atoms with Gasteiger partial charge in [-0.2, -0.15) is 0 Å². The molecule has 0 unspecified atom stereocenters. The molecule has 0 fully saturated rings. The quantitative estimate of drug-likeness (QED) is 0.899. The molecule has 0 aliphatic rings. The lowest BCUT2D eigenvalue weighted by Crippen LogP contribution is -1.96. The van der Waals surface area contributed by atoms with Crippen LogP contribution in [0.4, 0.5) is 0 Å². The van der Waals surface area contributed by atoms with Crippen LogP contribution in [-0.2, 0) is 0 Å². The summed E-state index contributed by atoms with van der Waals surface area (Å²) in [6.07, 6.45) is -0.586. The van der Waals surface area contributed by atoms with E-state index in [1.807, 2.05) is 6.07 Å². The Morgan fingerprint density at radius 2 is 1.62 bits per heavy atom. The number of hydrogen-bond acceptors (Lipinski definition) is 4. The SMILES string of the molecule is COc1cccc(OC)c1Oc1ccc([C@@H](C)O)cc1Cl. The highest BCUT2D eigenvalue weighted by Gasteiger charge is 2.15. The number of methoxy groups -OCH3 is 2. The minimum absolute atomic E-state index is 0.404. The number of aliphatic hydroxyl groups is 1. The van der Waals surface area contributed by atoms with E-state index in [0.717, 1.165) is 5.56 Å². The van der Waals surface area contributed by atoms with E-state index in [4.69, 9.17) is 25.8 Å². The molecular weight excluding hydrogens is 292 g/mol. The molecule has 1 atom stereocenters. The summed E-state index contributed by atoms with van der Waals surface area (Å²) in [5.74, 6) is 2.01. The maximum atomic E-state index is 9.55. The van der Waals surface area contributed by atoms with Crippen LogP contribution in [0.5, 0.6) is 23.0 Å². The Morgan fingerprint density at radius 3 is 2.10 bits per heavy atom. The summed E-state index contributed by atoms with van der Waals surface area (Å²) in [4.78, 5) is 0. The van der Waals surface area contributed by atoms with Gasteiger partial charge in [0, 0.05) is 0 Å². The Labute approximate surface area is 128 Å². The van der Waals surface area contributed by atoms with E-state index in [9.17, 15) is 5.11 Å². The van der Waals surface area contributed by atoms with Crippen molar-refractivity contribution in [3.63, 3.8) is 0 Å². The van der Waals surface area contributed by atoms with Gasteiger partial charge in [-0.15, -0.1) is 0 Å². The highest BCUT2D eigenvalue weighted by atomic mass is 35.5. The Kier molecular flexibility index (Phi) is 4.94. The number of aliphatic hydroxyl groups excluding tert-OH is 1. The van der Waals surface area contributed by atoms with Crippen molar-refractivity contribution in [3.05, 3.63) is 47.0 Å². The van der Waals surface area contributed by atoms with Crippen LogP contribution in [0.3, 0.4) is 0 Å². The molecule has 0 aliphatic carbocycles. The van der Waals surface area contributed by atoms with E-state index in [2.05, 4.69) is 0 Å². The van der Waals surface area contributed by atoms with Gasteiger partial charge >= 0.3 is 0 Å². The van der Waals surface area contributed by atoms with Gasteiger partial charge in [-0.3, -0.25) is 0 Å². The van der Waals surface area contributed by atoms with E-state index < -0.39 is 6.10 Å². The lowest BCUT2D eigenvalue weighted by atomic mass is 10.1. The molecule has 0 aromatic heterocycles. The van der Waals surface area contributed by atoms with Gasteiger partial charge in [0.05, 0.1) is 25.3 Å². The fourth-order valence-electron chi connectivity index (χ4n) is 1.89. The third-order valence-electron chi connectivity index (χ3n) is 3.03. The molecule has 0 aliphatic heterocycles. The van der Waals surface area contributed by atoms with Crippen molar-refractivity contribution in [2.45, 2.75) is 13.0 Å². The lowest BCUT2D eigenvalue weighted by Gasteiger charge is -2.15. The zero-order valence-electron chi connectivity index (χ0n) is 12.1. The van der Waals surface area contributed by atoms with Crippen LogP contribution < -0.4 is 14.2 Å². The number of hydrogen-bond donors (Lipinski definition) is 1. The summed E-state index contributed by atoms with van der Waals surface area (Å²) >= 11 is 6.20. The van der Waals surface area contributed by atoms with Crippen molar-refractivity contribution in [2.75, 3.05) is 14.2 Å². The summed E-state index contributed by atoms with van der Waals surface area (Å²) in [5.41, 5.74) is 0.722. The fraction of sp³-hybridized carbons (Fsp3) is 0.250. The Bertz CT molecular complexity index is 603. The molecule has 0 saturated heterocycles. The highest BCUT2D eigenvalue weighted by molar-refractivity contribution is 6.32. The molecule has 2 aromatic carbocycles. The van der Waals surface area contributed by atoms with Gasteiger partial charge in [0.2, 0.25) is 5.75 Å². The second kappa shape index (κ2) is 6.70. The average Bonchev–Trinajstić information content (AvgIpc) is 2.49. The largest absolute Gasteiger partial charge is 0.493 e. The molecule has 2 aromatic rings. The van der Waals surface area contributed by atoms with E-state index in [0.29, 0.717) is 28.0 Å². The predicted octanol–water partition coefficient (Wildman–Crippen LogP) is 4.20. The minimum Gasteiger partial charge on any atom is -0.493 e. The maximum Gasteiger partial charge on any atom is 0.211 e. The summed E-state index contributed by atoms with van der Waals surface area (Å²) in [5, 5.41) is 9.96. The fourth-order valence-corrected chi connectivity index (χ4v) is 2.12. The normalized spacial score (nSPS) is 11.9. The molecule has 0 spiro atoms. The van der Waals surface area contributed by atoms with Crippen LogP contribution in [0.2, 0.25) is 5.02 Å². The smallest absolute Gasteiger partial charge is 0.211 e. The van der Waals surface area contributed by atoms with Gasteiger partial charge in [0.25, 0.3) is 0 Å². The van der Waals surface area contributed by atoms with E-state index in [-0.39, 0.29) is 0 Å². The van der Waals surface area contributed by atoms with E-state index in [1.165, 1.54) is 0 Å². The summed E-state index contributed by atoms with van der Waals surface area (Å²) in [6, 6.07) is 10.5. The number of para-hydroxylation sites is 1. The first-order chi connectivity index (χ1) is 10.1. The average molecular weight is 309 g/mol. The Balaban J connectivity index is 2.38. The first-order valence-corrected chi connectivity index (χ1v) is 6.81. The lowest BCUT2D eigenvalue weighted by molar-refractivity contribution is 0.199. The third-order valence-corrected chi connectivity index (χ3v) is 3.33. The zero-order chi connectivity index (χ0) is 15.4. The van der Waals surface area contributed by atoms with Crippen LogP contribution in [0, 0.1) is 0 Å². The highest BCUT2D eigenvalue weighted by Crippen LogP contribution is 2.42. The van der Waals surface area contributed by atoms with Crippen molar-refractivity contribution >= 4 is 11.6 Å². The van der Waals surface area contributed by atoms with Gasteiger partial charge < -0.3 is 19.3 Å². The van der Waals surface area contributed by atoms with Crippen molar-refractivity contribution < 1.29 is 19.3 Å². The molecule has 0 amide bonds. The van der Waals surface area contributed by atoms with Crippen LogP contribution in [0.25, 0.3) is 0 Å². The molecule has 5 heteroatoms. The third kappa shape index (κ3) is 3.40. The maximum absolute atomic E-state index is 9.55. The second-order valence-corrected chi connectivity index (χ2v) is 4.87. The summed E-state index contributed by atoms with van der Waals surface area (Å²) < 4.78 is 16.4. The molecule has 4 nitrogen and oxygen atoms in total. The van der Waals surface area contributed by atoms with Crippen LogP contribution >= 0.6 is 11.6 Å². The van der Waals surface area contributed by atoms with Crippen LogP contribution in [-0.4, -0.2) is 19.3 Å². The molecule has 0 heterocycles. The number of rotatable bonds is 5. The number of halogens is 1. The molecule has 112 valence electrons. The van der Waals surface area contributed by atoms with Crippen molar-refractivity contribution in [2.24, 2.45) is 0 Å². The Morgan fingerprint density at radius 1 is 1.00 bits per heavy atom. The van der Waals surface area contributed by atoms with Crippen molar-refractivity contribution in [1.82, 2.24) is 0 Å². The molecule has 0 bridgehead atoms. The monoisotopic (exact) mass is 308 g/mol. The predicted molar refractivity (Wildman–Crippen MR) is 81.7 cm³/mol. The molecule has 0 radical (unpaired) electrons. The number of ether oxygens (including phenoxy) is 3. The summed E-state index contributed by atoms with van der Waals surface area (Å²) in [6.45, 7) is 1.68. The first-order valence-electron chi connectivity index (χ1n) is 6.43. The van der Waals surface area contributed by atoms with Crippen molar-refractivity contribution in [1.29, 1.82) is 0 Å². The summed E-state index contributed by atoms with van der Waals surface area (Å²) in [7, 11) is 3.11. The molecule has 1 N–H and O–H groups in total. The zero-order valence-corrected chi connectivity index (χ0v) is 12.8. The standard InChI is InChI=1S/C16H17ClO4/c1-10(18)11-7-8-13(12(17)9-11)21-16-14(19-2)5-4-6-15(16)20-3/h4-10,18H,1-3H3/t10-/m1/s1. The van der Waals surface area contributed by atoms with Gasteiger partial charge in [0.15, 0.2) is 11.5 Å². The van der Waals surface area contributed by atoms with Crippen LogP contribution in [0.15, 0.2) is 36.4 Å². The molecule has 21 heavy (non-hydrogen) atoms. The Hall–Kier alpha value is -1.91. The van der Waals surface area contributed by atoms with Gasteiger partial charge in [-0.25, -0.2) is 0 Å². The van der Waals surface area contributed by atoms with Gasteiger partial charge in [-0.1, -0.05) is 23.7 Å². The van der Waals surface area contributed by atoms with Crippen LogP contribution in [0.1, 0.15) is 18.6 Å². The minimum atomic E-state index is -0.586. The molecule has 0 saturated carbocycles. The van der Waals surface area contributed by atoms with Gasteiger partial charge in [0.1, 0.15) is 5.75 Å². The van der Waals surface area contributed by atoms with Crippen molar-refractivity contribution in [3.8, 4) is 23.0 Å². The first kappa shape index (κ1) is 15.5.